The number of hydrogen-bond donors (Lipinski definition) is 3. The number of rotatable bonds is 66. The zero-order valence-corrected chi connectivity index (χ0v) is 51.3. The molecule has 0 aromatic carbocycles. The molecule has 0 aromatic rings. The van der Waals surface area contributed by atoms with E-state index in [0.717, 1.165) is 38.5 Å². The first-order valence-corrected chi connectivity index (χ1v) is 34.8. The lowest BCUT2D eigenvalue weighted by atomic mass is 10.0. The molecule has 0 heterocycles. The number of esters is 1. The highest BCUT2D eigenvalue weighted by Gasteiger charge is 2.20. The highest BCUT2D eigenvalue weighted by Crippen LogP contribution is 2.19. The van der Waals surface area contributed by atoms with Crippen molar-refractivity contribution < 1.29 is 24.5 Å². The molecule has 3 N–H and O–H groups in total. The second-order valence-corrected chi connectivity index (χ2v) is 24.2. The van der Waals surface area contributed by atoms with Gasteiger partial charge in [-0.15, -0.1) is 0 Å². The maximum Gasteiger partial charge on any atom is 0.305 e. The number of aliphatic hydroxyl groups is 2. The van der Waals surface area contributed by atoms with Gasteiger partial charge in [-0.05, 0) is 25.7 Å². The number of ether oxygens (including phenoxy) is 1. The molecule has 0 saturated carbocycles. The Morgan fingerprint density at radius 1 is 0.320 bits per heavy atom. The third-order valence-electron chi connectivity index (χ3n) is 16.7. The predicted molar refractivity (Wildman–Crippen MR) is 329 cm³/mol. The number of unbranched alkanes of at least 4 members (excludes halogenated alkanes) is 55. The Balaban J connectivity index is 3.30. The summed E-state index contributed by atoms with van der Waals surface area (Å²) >= 11 is 0. The van der Waals surface area contributed by atoms with Crippen LogP contribution < -0.4 is 5.32 Å². The fraction of sp³-hybridized carbons (Fsp3) is 0.971. The summed E-state index contributed by atoms with van der Waals surface area (Å²) in [5.41, 5.74) is 0. The molecule has 0 bridgehead atoms. The predicted octanol–water partition coefficient (Wildman–Crippen LogP) is 22.2. The summed E-state index contributed by atoms with van der Waals surface area (Å²) < 4.78 is 5.48. The molecule has 2 atom stereocenters. The lowest BCUT2D eigenvalue weighted by Gasteiger charge is -2.22. The van der Waals surface area contributed by atoms with Crippen LogP contribution in [-0.2, 0) is 14.3 Å². The summed E-state index contributed by atoms with van der Waals surface area (Å²) in [4.78, 5) is 24.5. The Labute approximate surface area is 470 Å². The van der Waals surface area contributed by atoms with Crippen LogP contribution in [-0.4, -0.2) is 47.4 Å². The van der Waals surface area contributed by atoms with Gasteiger partial charge in [0.15, 0.2) is 0 Å². The van der Waals surface area contributed by atoms with Crippen molar-refractivity contribution in [1.82, 2.24) is 5.32 Å². The van der Waals surface area contributed by atoms with Gasteiger partial charge in [-0.3, -0.25) is 9.59 Å². The molecule has 0 fully saturated rings. The minimum Gasteiger partial charge on any atom is -0.466 e. The van der Waals surface area contributed by atoms with Gasteiger partial charge in [-0.25, -0.2) is 0 Å². The van der Waals surface area contributed by atoms with E-state index in [-0.39, 0.29) is 18.5 Å². The largest absolute Gasteiger partial charge is 0.466 e. The molecule has 1 amide bonds. The maximum atomic E-state index is 12.5. The van der Waals surface area contributed by atoms with Gasteiger partial charge in [0.05, 0.1) is 25.4 Å². The van der Waals surface area contributed by atoms with Crippen LogP contribution >= 0.6 is 0 Å². The van der Waals surface area contributed by atoms with E-state index in [2.05, 4.69) is 19.2 Å². The molecule has 0 aliphatic heterocycles. The molecule has 2 unspecified atom stereocenters. The first-order chi connectivity index (χ1) is 37.0. The molecule has 0 rings (SSSR count). The fourth-order valence-electron chi connectivity index (χ4n) is 11.4. The van der Waals surface area contributed by atoms with Gasteiger partial charge in [-0.1, -0.05) is 367 Å². The number of nitrogens with one attached hydrogen (secondary N) is 1. The van der Waals surface area contributed by atoms with Crippen LogP contribution in [0.5, 0.6) is 0 Å². The number of aliphatic hydroxyl groups excluding tert-OH is 2. The van der Waals surface area contributed by atoms with E-state index in [1.165, 1.54) is 334 Å². The molecular weight excluding hydrogens is 923 g/mol. The molecule has 448 valence electrons. The van der Waals surface area contributed by atoms with Crippen LogP contribution in [0.1, 0.15) is 406 Å². The minimum atomic E-state index is -0.659. The van der Waals surface area contributed by atoms with Crippen LogP contribution in [0.15, 0.2) is 0 Å². The molecular formula is C69H137NO5. The Kier molecular flexibility index (Phi) is 64.4. The van der Waals surface area contributed by atoms with Gasteiger partial charge in [-0.2, -0.15) is 0 Å². The molecule has 6 heteroatoms. The topological polar surface area (TPSA) is 95.9 Å². The molecule has 0 radical (unpaired) electrons. The number of amides is 1. The van der Waals surface area contributed by atoms with Crippen molar-refractivity contribution >= 4 is 11.9 Å². The van der Waals surface area contributed by atoms with Crippen molar-refractivity contribution in [3.63, 3.8) is 0 Å². The molecule has 0 aliphatic carbocycles. The third kappa shape index (κ3) is 61.9. The van der Waals surface area contributed by atoms with Crippen molar-refractivity contribution in [2.24, 2.45) is 0 Å². The van der Waals surface area contributed by atoms with E-state index in [1.54, 1.807) is 0 Å². The molecule has 75 heavy (non-hydrogen) atoms. The van der Waals surface area contributed by atoms with Gasteiger partial charge in [0.25, 0.3) is 0 Å². The number of carbonyl (C=O) groups excluding carboxylic acids is 2. The quantitative estimate of drug-likeness (QED) is 0.0417. The third-order valence-corrected chi connectivity index (χ3v) is 16.7. The van der Waals surface area contributed by atoms with Crippen molar-refractivity contribution in [3.8, 4) is 0 Å². The van der Waals surface area contributed by atoms with Crippen molar-refractivity contribution in [1.29, 1.82) is 0 Å². The minimum absolute atomic E-state index is 0.0229. The highest BCUT2D eigenvalue weighted by atomic mass is 16.5. The standard InChI is InChI=1S/C69H137NO5/c1-3-5-7-9-11-13-15-17-38-41-45-49-53-57-61-67(72)66(65-71)70-68(73)62-58-54-50-46-42-39-36-34-32-30-28-26-24-22-20-18-19-21-23-25-27-29-31-33-35-37-40-44-48-52-56-60-64-75-69(74)63-59-55-51-47-43-16-14-12-10-8-6-4-2/h66-67,71-72H,3-65H2,1-2H3,(H,70,73). The summed E-state index contributed by atoms with van der Waals surface area (Å²) in [6.45, 7) is 4.99. The smallest absolute Gasteiger partial charge is 0.305 e. The Morgan fingerprint density at radius 3 is 0.813 bits per heavy atom. The number of carbonyl (C=O) groups is 2. The first kappa shape index (κ1) is 73.9. The van der Waals surface area contributed by atoms with E-state index in [9.17, 15) is 19.8 Å². The second kappa shape index (κ2) is 65.4. The highest BCUT2D eigenvalue weighted by molar-refractivity contribution is 5.76. The van der Waals surface area contributed by atoms with Crippen LogP contribution in [0.4, 0.5) is 0 Å². The van der Waals surface area contributed by atoms with Crippen LogP contribution in [0.2, 0.25) is 0 Å². The molecule has 6 nitrogen and oxygen atoms in total. The van der Waals surface area contributed by atoms with Gasteiger partial charge in [0.1, 0.15) is 0 Å². The summed E-state index contributed by atoms with van der Waals surface area (Å²) in [5.74, 6) is -0.00428. The van der Waals surface area contributed by atoms with Crippen LogP contribution in [0.3, 0.4) is 0 Å². The lowest BCUT2D eigenvalue weighted by Crippen LogP contribution is -2.45. The van der Waals surface area contributed by atoms with Gasteiger partial charge in [0.2, 0.25) is 5.91 Å². The normalized spacial score (nSPS) is 12.4. The average molecular weight is 1060 g/mol. The zero-order chi connectivity index (χ0) is 54.3. The van der Waals surface area contributed by atoms with E-state index < -0.39 is 12.1 Å². The zero-order valence-electron chi connectivity index (χ0n) is 51.3. The summed E-state index contributed by atoms with van der Waals surface area (Å²) in [7, 11) is 0. The molecule has 0 saturated heterocycles. The lowest BCUT2D eigenvalue weighted by molar-refractivity contribution is -0.143. The van der Waals surface area contributed by atoms with Gasteiger partial charge < -0.3 is 20.3 Å². The van der Waals surface area contributed by atoms with Crippen LogP contribution in [0.25, 0.3) is 0 Å². The Bertz CT molecular complexity index is 1080. The second-order valence-electron chi connectivity index (χ2n) is 24.2. The summed E-state index contributed by atoms with van der Waals surface area (Å²) in [6, 6.07) is -0.536. The molecule has 0 aliphatic rings. The Morgan fingerprint density at radius 2 is 0.547 bits per heavy atom. The van der Waals surface area contributed by atoms with Crippen LogP contribution in [0, 0.1) is 0 Å². The van der Waals surface area contributed by atoms with Crippen molar-refractivity contribution in [2.75, 3.05) is 13.2 Å². The SMILES string of the molecule is CCCCCCCCCCCCCCCCC(O)C(CO)NC(=O)CCCCCCCCCCCCCCCCCCCCCCCCCCCCCCCCCCOC(=O)CCCCCCCCCCCCCC. The first-order valence-electron chi connectivity index (χ1n) is 34.8. The van der Waals surface area contributed by atoms with E-state index >= 15 is 0 Å². The monoisotopic (exact) mass is 1060 g/mol. The molecule has 0 spiro atoms. The fourth-order valence-corrected chi connectivity index (χ4v) is 11.4. The summed E-state index contributed by atoms with van der Waals surface area (Å²) in [5, 5.41) is 23.3. The van der Waals surface area contributed by atoms with E-state index in [1.807, 2.05) is 0 Å². The van der Waals surface area contributed by atoms with Gasteiger partial charge >= 0.3 is 5.97 Å². The Hall–Kier alpha value is -1.14. The molecule has 0 aromatic heterocycles. The van der Waals surface area contributed by atoms with Crippen molar-refractivity contribution in [3.05, 3.63) is 0 Å². The maximum absolute atomic E-state index is 12.5. The van der Waals surface area contributed by atoms with Crippen molar-refractivity contribution in [2.45, 2.75) is 418 Å². The summed E-state index contributed by atoms with van der Waals surface area (Å²) in [6.07, 6.45) is 78.7. The average Bonchev–Trinajstić information content (AvgIpc) is 3.41. The van der Waals surface area contributed by atoms with Gasteiger partial charge in [0, 0.05) is 12.8 Å². The van der Waals surface area contributed by atoms with E-state index in [4.69, 9.17) is 4.74 Å². The van der Waals surface area contributed by atoms with E-state index in [0.29, 0.717) is 25.9 Å². The number of hydrogen-bond acceptors (Lipinski definition) is 5.